The molecule has 0 unspecified atom stereocenters. The van der Waals surface area contributed by atoms with Crippen molar-refractivity contribution in [3.63, 3.8) is 0 Å². The first-order valence-corrected chi connectivity index (χ1v) is 6.71. The Labute approximate surface area is 107 Å². The van der Waals surface area contributed by atoms with Crippen LogP contribution in [0.4, 0.5) is 0 Å². The zero-order chi connectivity index (χ0) is 13.1. The van der Waals surface area contributed by atoms with Crippen LogP contribution < -0.4 is 0 Å². The van der Waals surface area contributed by atoms with Gasteiger partial charge >= 0.3 is 0 Å². The Bertz CT molecular complexity index is 251. The molecule has 0 heterocycles. The standard InChI is InChI=1S/C12H18.C4H10O/c1-11(2)7-6-10-12-8-4-3-5-9-12;1-4(2)3-5/h3-5,8-9,11H,6-7,10H2,1-2H3;4-5H,3H2,1-2H3. The largest absolute Gasteiger partial charge is 0.396 e. The molecule has 0 bridgehead atoms. The van der Waals surface area contributed by atoms with Gasteiger partial charge in [0.15, 0.2) is 0 Å². The molecule has 0 aliphatic heterocycles. The van der Waals surface area contributed by atoms with E-state index >= 15 is 0 Å². The number of benzene rings is 1. The number of aliphatic hydroxyl groups is 1. The number of aliphatic hydroxyl groups excluding tert-OH is 1. The summed E-state index contributed by atoms with van der Waals surface area (Å²) in [6.45, 7) is 8.82. The number of rotatable bonds is 5. The van der Waals surface area contributed by atoms with Crippen molar-refractivity contribution >= 4 is 0 Å². The highest BCUT2D eigenvalue weighted by Crippen LogP contribution is 2.09. The molecule has 0 saturated heterocycles. The molecule has 0 spiro atoms. The minimum atomic E-state index is 0.306. The van der Waals surface area contributed by atoms with Crippen molar-refractivity contribution in [3.8, 4) is 0 Å². The molecule has 1 aromatic carbocycles. The Morgan fingerprint density at radius 2 is 1.47 bits per heavy atom. The predicted molar refractivity (Wildman–Crippen MR) is 76.1 cm³/mol. The summed E-state index contributed by atoms with van der Waals surface area (Å²) in [5, 5.41) is 8.14. The van der Waals surface area contributed by atoms with Crippen LogP contribution in [0.2, 0.25) is 0 Å². The van der Waals surface area contributed by atoms with E-state index in [1.165, 1.54) is 24.8 Å². The maximum atomic E-state index is 8.14. The highest BCUT2D eigenvalue weighted by Gasteiger charge is 1.94. The molecule has 0 aliphatic rings. The minimum Gasteiger partial charge on any atom is -0.396 e. The number of hydrogen-bond acceptors (Lipinski definition) is 1. The van der Waals surface area contributed by atoms with Gasteiger partial charge in [-0.25, -0.2) is 0 Å². The van der Waals surface area contributed by atoms with Crippen molar-refractivity contribution in [1.82, 2.24) is 0 Å². The molecule has 0 atom stereocenters. The monoisotopic (exact) mass is 236 g/mol. The molecule has 0 radical (unpaired) electrons. The highest BCUT2D eigenvalue weighted by molar-refractivity contribution is 5.14. The fourth-order valence-corrected chi connectivity index (χ4v) is 1.36. The second kappa shape index (κ2) is 10.3. The van der Waals surface area contributed by atoms with Crippen LogP contribution in [-0.4, -0.2) is 11.7 Å². The Kier molecular flexibility index (Phi) is 9.84. The molecule has 0 amide bonds. The number of hydrogen-bond donors (Lipinski definition) is 1. The molecule has 98 valence electrons. The predicted octanol–water partition coefficient (Wildman–Crippen LogP) is 4.30. The second-order valence-electron chi connectivity index (χ2n) is 5.35. The summed E-state index contributed by atoms with van der Waals surface area (Å²) in [6, 6.07) is 10.7. The van der Waals surface area contributed by atoms with Crippen LogP contribution in [0.15, 0.2) is 30.3 Å². The first-order valence-electron chi connectivity index (χ1n) is 6.71. The van der Waals surface area contributed by atoms with Crippen LogP contribution in [-0.2, 0) is 6.42 Å². The second-order valence-corrected chi connectivity index (χ2v) is 5.35. The Morgan fingerprint density at radius 3 is 1.88 bits per heavy atom. The van der Waals surface area contributed by atoms with Crippen LogP contribution in [0, 0.1) is 11.8 Å². The maximum absolute atomic E-state index is 8.14. The van der Waals surface area contributed by atoms with Gasteiger partial charge in [-0.05, 0) is 30.2 Å². The van der Waals surface area contributed by atoms with Gasteiger partial charge in [-0.15, -0.1) is 0 Å². The summed E-state index contributed by atoms with van der Waals surface area (Å²) < 4.78 is 0. The summed E-state index contributed by atoms with van der Waals surface area (Å²) in [5.41, 5.74) is 1.47. The van der Waals surface area contributed by atoms with E-state index < -0.39 is 0 Å². The van der Waals surface area contributed by atoms with Crippen LogP contribution in [0.3, 0.4) is 0 Å². The van der Waals surface area contributed by atoms with Gasteiger partial charge in [0.1, 0.15) is 0 Å². The van der Waals surface area contributed by atoms with Gasteiger partial charge in [0.05, 0.1) is 0 Å². The Hall–Kier alpha value is -0.820. The van der Waals surface area contributed by atoms with Gasteiger partial charge in [0, 0.05) is 6.61 Å². The van der Waals surface area contributed by atoms with Gasteiger partial charge in [0.25, 0.3) is 0 Å². The molecule has 0 aliphatic carbocycles. The highest BCUT2D eigenvalue weighted by atomic mass is 16.3. The summed E-state index contributed by atoms with van der Waals surface area (Å²) >= 11 is 0. The summed E-state index contributed by atoms with van der Waals surface area (Å²) in [5.74, 6) is 1.28. The molecule has 0 fully saturated rings. The topological polar surface area (TPSA) is 20.2 Å². The van der Waals surface area contributed by atoms with Crippen LogP contribution >= 0.6 is 0 Å². The van der Waals surface area contributed by atoms with E-state index in [2.05, 4.69) is 44.2 Å². The van der Waals surface area contributed by atoms with Crippen molar-refractivity contribution in [1.29, 1.82) is 0 Å². The van der Waals surface area contributed by atoms with Crippen LogP contribution in [0.1, 0.15) is 46.1 Å². The quantitative estimate of drug-likeness (QED) is 0.808. The van der Waals surface area contributed by atoms with E-state index in [1.54, 1.807) is 0 Å². The van der Waals surface area contributed by atoms with E-state index in [0.29, 0.717) is 12.5 Å². The van der Waals surface area contributed by atoms with Gasteiger partial charge < -0.3 is 5.11 Å². The minimum absolute atomic E-state index is 0.306. The van der Waals surface area contributed by atoms with E-state index in [9.17, 15) is 0 Å². The third kappa shape index (κ3) is 11.4. The van der Waals surface area contributed by atoms with E-state index in [-0.39, 0.29) is 0 Å². The molecular formula is C16H28O. The molecule has 1 N–H and O–H groups in total. The normalized spacial score (nSPS) is 10.3. The average molecular weight is 236 g/mol. The van der Waals surface area contributed by atoms with Crippen LogP contribution in [0.25, 0.3) is 0 Å². The number of aryl methyl sites for hydroxylation is 1. The van der Waals surface area contributed by atoms with Gasteiger partial charge in [-0.3, -0.25) is 0 Å². The Morgan fingerprint density at radius 1 is 0.941 bits per heavy atom. The van der Waals surface area contributed by atoms with Crippen molar-refractivity contribution in [2.45, 2.75) is 47.0 Å². The molecular weight excluding hydrogens is 208 g/mol. The third-order valence-corrected chi connectivity index (χ3v) is 2.45. The van der Waals surface area contributed by atoms with E-state index in [1.807, 2.05) is 13.8 Å². The van der Waals surface area contributed by atoms with Gasteiger partial charge in [-0.1, -0.05) is 64.4 Å². The molecule has 17 heavy (non-hydrogen) atoms. The molecule has 0 saturated carbocycles. The first kappa shape index (κ1) is 16.2. The maximum Gasteiger partial charge on any atom is 0.0453 e. The summed E-state index contributed by atoms with van der Waals surface area (Å²) in [6.07, 6.45) is 3.90. The Balaban J connectivity index is 0.000000437. The smallest absolute Gasteiger partial charge is 0.0453 e. The van der Waals surface area contributed by atoms with Crippen molar-refractivity contribution in [2.24, 2.45) is 11.8 Å². The van der Waals surface area contributed by atoms with E-state index in [0.717, 1.165) is 5.92 Å². The lowest BCUT2D eigenvalue weighted by Crippen LogP contribution is -1.90. The zero-order valence-corrected chi connectivity index (χ0v) is 11.8. The molecule has 1 aromatic rings. The molecule has 1 rings (SSSR count). The van der Waals surface area contributed by atoms with Crippen molar-refractivity contribution in [3.05, 3.63) is 35.9 Å². The fraction of sp³-hybridized carbons (Fsp3) is 0.625. The van der Waals surface area contributed by atoms with Crippen LogP contribution in [0.5, 0.6) is 0 Å². The lowest BCUT2D eigenvalue weighted by Gasteiger charge is -2.03. The molecule has 1 nitrogen and oxygen atoms in total. The zero-order valence-electron chi connectivity index (χ0n) is 11.8. The summed E-state index contributed by atoms with van der Waals surface area (Å²) in [7, 11) is 0. The fourth-order valence-electron chi connectivity index (χ4n) is 1.36. The third-order valence-electron chi connectivity index (χ3n) is 2.45. The summed E-state index contributed by atoms with van der Waals surface area (Å²) in [4.78, 5) is 0. The average Bonchev–Trinajstić information content (AvgIpc) is 2.30. The molecule has 0 aromatic heterocycles. The lowest BCUT2D eigenvalue weighted by molar-refractivity contribution is 0.248. The van der Waals surface area contributed by atoms with Gasteiger partial charge in [-0.2, -0.15) is 0 Å². The SMILES string of the molecule is CC(C)CCCc1ccccc1.CC(C)CO. The van der Waals surface area contributed by atoms with E-state index in [4.69, 9.17) is 5.11 Å². The van der Waals surface area contributed by atoms with Crippen molar-refractivity contribution in [2.75, 3.05) is 6.61 Å². The molecule has 1 heteroatoms. The lowest BCUT2D eigenvalue weighted by atomic mass is 10.0. The van der Waals surface area contributed by atoms with Crippen molar-refractivity contribution < 1.29 is 5.11 Å². The first-order chi connectivity index (χ1) is 8.06. The van der Waals surface area contributed by atoms with Gasteiger partial charge in [0.2, 0.25) is 0 Å².